The normalized spacial score (nSPS) is 16.8. The molecule has 7 nitrogen and oxygen atoms in total. The molecule has 0 spiro atoms. The lowest BCUT2D eigenvalue weighted by molar-refractivity contribution is -0.133. The lowest BCUT2D eigenvalue weighted by Gasteiger charge is -2.35. The van der Waals surface area contributed by atoms with Crippen LogP contribution in [0.5, 0.6) is 0 Å². The third-order valence-corrected chi connectivity index (χ3v) is 4.16. The van der Waals surface area contributed by atoms with Crippen molar-refractivity contribution in [3.8, 4) is 0 Å². The molecule has 2 aromatic rings. The quantitative estimate of drug-likeness (QED) is 0.840. The summed E-state index contributed by atoms with van der Waals surface area (Å²) in [6.07, 6.45) is 3.59. The Labute approximate surface area is 152 Å². The first-order valence-electron chi connectivity index (χ1n) is 7.97. The van der Waals surface area contributed by atoms with Crippen LogP contribution in [-0.4, -0.2) is 52.4 Å². The zero-order valence-electron chi connectivity index (χ0n) is 14.0. The molecule has 1 aromatic carbocycles. The van der Waals surface area contributed by atoms with Gasteiger partial charge in [-0.25, -0.2) is 4.98 Å². The van der Waals surface area contributed by atoms with Gasteiger partial charge < -0.3 is 20.1 Å². The van der Waals surface area contributed by atoms with Crippen molar-refractivity contribution in [1.29, 1.82) is 0 Å². The van der Waals surface area contributed by atoms with Gasteiger partial charge >= 0.3 is 0 Å². The molecule has 2 N–H and O–H groups in total. The summed E-state index contributed by atoms with van der Waals surface area (Å²) >= 11 is 0. The van der Waals surface area contributed by atoms with Crippen molar-refractivity contribution in [1.82, 2.24) is 25.1 Å². The molecule has 0 saturated carbocycles. The SMILES string of the molecule is Cl.Cn1ccnc1C1CNCCN1C(=O)CNC(=O)c1ccccc1. The number of hydrogen-bond donors (Lipinski definition) is 2. The van der Waals surface area contributed by atoms with Gasteiger partial charge in [0.15, 0.2) is 0 Å². The predicted octanol–water partition coefficient (Wildman–Crippen LogP) is 0.745. The van der Waals surface area contributed by atoms with Crippen LogP contribution >= 0.6 is 12.4 Å². The Bertz CT molecular complexity index is 719. The van der Waals surface area contributed by atoms with Gasteiger partial charge in [0.25, 0.3) is 5.91 Å². The molecule has 1 aromatic heterocycles. The first-order chi connectivity index (χ1) is 11.7. The first-order valence-corrected chi connectivity index (χ1v) is 7.97. The van der Waals surface area contributed by atoms with Gasteiger partial charge in [-0.3, -0.25) is 9.59 Å². The van der Waals surface area contributed by atoms with Crippen LogP contribution in [0.4, 0.5) is 0 Å². The Kier molecular flexibility index (Phi) is 6.55. The maximum Gasteiger partial charge on any atom is 0.251 e. The van der Waals surface area contributed by atoms with E-state index < -0.39 is 0 Å². The summed E-state index contributed by atoms with van der Waals surface area (Å²) in [6.45, 7) is 1.97. The number of imidazole rings is 1. The Hall–Kier alpha value is -2.38. The van der Waals surface area contributed by atoms with Gasteiger partial charge in [0.05, 0.1) is 6.54 Å². The number of piperazine rings is 1. The summed E-state index contributed by atoms with van der Waals surface area (Å²) in [7, 11) is 1.91. The van der Waals surface area contributed by atoms with Gasteiger partial charge in [-0.2, -0.15) is 0 Å². The van der Waals surface area contributed by atoms with E-state index in [2.05, 4.69) is 15.6 Å². The highest BCUT2D eigenvalue weighted by Gasteiger charge is 2.30. The zero-order valence-corrected chi connectivity index (χ0v) is 14.8. The lowest BCUT2D eigenvalue weighted by atomic mass is 10.1. The number of hydrogen-bond acceptors (Lipinski definition) is 4. The minimum absolute atomic E-state index is 0. The van der Waals surface area contributed by atoms with E-state index in [0.29, 0.717) is 18.7 Å². The summed E-state index contributed by atoms with van der Waals surface area (Å²) < 4.78 is 1.92. The van der Waals surface area contributed by atoms with Gasteiger partial charge in [0.2, 0.25) is 5.91 Å². The van der Waals surface area contributed by atoms with Crippen LogP contribution < -0.4 is 10.6 Å². The maximum atomic E-state index is 12.6. The molecule has 2 heterocycles. The molecule has 0 aliphatic carbocycles. The van der Waals surface area contributed by atoms with E-state index >= 15 is 0 Å². The third-order valence-electron chi connectivity index (χ3n) is 4.16. The van der Waals surface area contributed by atoms with E-state index in [1.54, 1.807) is 35.4 Å². The van der Waals surface area contributed by atoms with Crippen LogP contribution in [0, 0.1) is 0 Å². The lowest BCUT2D eigenvalue weighted by Crippen LogP contribution is -2.52. The molecule has 0 bridgehead atoms. The van der Waals surface area contributed by atoms with E-state index in [4.69, 9.17) is 0 Å². The second-order valence-electron chi connectivity index (χ2n) is 5.75. The molecule has 2 amide bonds. The molecule has 134 valence electrons. The maximum absolute atomic E-state index is 12.6. The molecular weight excluding hydrogens is 342 g/mol. The highest BCUT2D eigenvalue weighted by atomic mass is 35.5. The van der Waals surface area contributed by atoms with Gasteiger partial charge in [-0.1, -0.05) is 18.2 Å². The predicted molar refractivity (Wildman–Crippen MR) is 96.6 cm³/mol. The van der Waals surface area contributed by atoms with Crippen LogP contribution in [0.15, 0.2) is 42.7 Å². The van der Waals surface area contributed by atoms with Gasteiger partial charge in [-0.15, -0.1) is 12.4 Å². The summed E-state index contributed by atoms with van der Waals surface area (Å²) in [4.78, 5) is 30.8. The number of carbonyl (C=O) groups excluding carboxylic acids is 2. The number of aryl methyl sites for hydroxylation is 1. The standard InChI is InChI=1S/C17H21N5O2.ClH/c1-21-9-8-19-16(21)14-11-18-7-10-22(14)15(23)12-20-17(24)13-5-3-2-4-6-13;/h2-6,8-9,14,18H,7,10-12H2,1H3,(H,20,24);1H. The molecular formula is C17H22ClN5O2. The van der Waals surface area contributed by atoms with Crippen LogP contribution in [0.1, 0.15) is 22.2 Å². The fraction of sp³-hybridized carbons (Fsp3) is 0.353. The Morgan fingerprint density at radius 2 is 2.08 bits per heavy atom. The van der Waals surface area contributed by atoms with Crippen LogP contribution in [-0.2, 0) is 11.8 Å². The van der Waals surface area contributed by atoms with Crippen LogP contribution in [0.25, 0.3) is 0 Å². The summed E-state index contributed by atoms with van der Waals surface area (Å²) in [6, 6.07) is 8.76. The average molecular weight is 364 g/mol. The Morgan fingerprint density at radius 1 is 1.32 bits per heavy atom. The number of rotatable bonds is 4. The highest BCUT2D eigenvalue weighted by Crippen LogP contribution is 2.20. The molecule has 1 unspecified atom stereocenters. The number of aromatic nitrogens is 2. The van der Waals surface area contributed by atoms with E-state index in [1.807, 2.05) is 23.9 Å². The smallest absolute Gasteiger partial charge is 0.251 e. The molecule has 1 saturated heterocycles. The largest absolute Gasteiger partial charge is 0.343 e. The Morgan fingerprint density at radius 3 is 2.76 bits per heavy atom. The average Bonchev–Trinajstić information content (AvgIpc) is 3.06. The van der Waals surface area contributed by atoms with Crippen molar-refractivity contribution in [2.24, 2.45) is 7.05 Å². The molecule has 0 radical (unpaired) electrons. The minimum Gasteiger partial charge on any atom is -0.343 e. The van der Waals surface area contributed by atoms with Gasteiger partial charge in [0.1, 0.15) is 11.9 Å². The van der Waals surface area contributed by atoms with Crippen molar-refractivity contribution in [2.45, 2.75) is 6.04 Å². The number of amides is 2. The zero-order chi connectivity index (χ0) is 16.9. The second kappa shape index (κ2) is 8.64. The van der Waals surface area contributed by atoms with E-state index in [-0.39, 0.29) is 36.8 Å². The molecule has 1 atom stereocenters. The van der Waals surface area contributed by atoms with Crippen LogP contribution in [0.2, 0.25) is 0 Å². The third kappa shape index (κ3) is 4.37. The number of halogens is 1. The van der Waals surface area contributed by atoms with Crippen molar-refractivity contribution < 1.29 is 9.59 Å². The number of nitrogens with one attached hydrogen (secondary N) is 2. The summed E-state index contributed by atoms with van der Waals surface area (Å²) in [5.41, 5.74) is 0.547. The van der Waals surface area contributed by atoms with E-state index in [0.717, 1.165) is 12.4 Å². The number of nitrogens with zero attached hydrogens (tertiary/aromatic N) is 3. The van der Waals surface area contributed by atoms with Gasteiger partial charge in [-0.05, 0) is 12.1 Å². The van der Waals surface area contributed by atoms with Crippen molar-refractivity contribution >= 4 is 24.2 Å². The number of benzene rings is 1. The summed E-state index contributed by atoms with van der Waals surface area (Å²) in [5.74, 6) is 0.492. The van der Waals surface area contributed by atoms with E-state index in [1.165, 1.54) is 0 Å². The fourth-order valence-electron chi connectivity index (χ4n) is 2.88. The molecule has 1 aliphatic heterocycles. The topological polar surface area (TPSA) is 79.3 Å². The molecule has 25 heavy (non-hydrogen) atoms. The number of carbonyl (C=O) groups is 2. The fourth-order valence-corrected chi connectivity index (χ4v) is 2.88. The van der Waals surface area contributed by atoms with Gasteiger partial charge in [0, 0.05) is 44.6 Å². The molecule has 1 fully saturated rings. The van der Waals surface area contributed by atoms with Crippen molar-refractivity contribution in [3.63, 3.8) is 0 Å². The van der Waals surface area contributed by atoms with Crippen molar-refractivity contribution in [2.75, 3.05) is 26.2 Å². The highest BCUT2D eigenvalue weighted by molar-refractivity contribution is 5.96. The van der Waals surface area contributed by atoms with E-state index in [9.17, 15) is 9.59 Å². The Balaban J connectivity index is 0.00000225. The molecule has 3 rings (SSSR count). The molecule has 1 aliphatic rings. The van der Waals surface area contributed by atoms with Crippen LogP contribution in [0.3, 0.4) is 0 Å². The first kappa shape index (κ1) is 19.0. The molecule has 8 heteroatoms. The monoisotopic (exact) mass is 363 g/mol. The summed E-state index contributed by atoms with van der Waals surface area (Å²) in [5, 5.41) is 5.99. The second-order valence-corrected chi connectivity index (χ2v) is 5.75. The van der Waals surface area contributed by atoms with Crippen molar-refractivity contribution in [3.05, 3.63) is 54.1 Å². The minimum atomic E-state index is -0.243.